The Hall–Kier alpha value is -1.10. The molecule has 0 aliphatic rings. The van der Waals surface area contributed by atoms with E-state index in [4.69, 9.17) is 4.74 Å². The fourth-order valence-corrected chi connectivity index (χ4v) is 0.885. The number of nitrogens with one attached hydrogen (secondary N) is 2. The van der Waals surface area contributed by atoms with Crippen molar-refractivity contribution >= 4 is 12.4 Å². The van der Waals surface area contributed by atoms with Gasteiger partial charge in [0.1, 0.15) is 11.9 Å². The van der Waals surface area contributed by atoms with E-state index < -0.39 is 5.60 Å². The van der Waals surface area contributed by atoms with Crippen molar-refractivity contribution in [3.8, 4) is 0 Å². The summed E-state index contributed by atoms with van der Waals surface area (Å²) in [5, 5.41) is 5.51. The van der Waals surface area contributed by atoms with Crippen LogP contribution < -0.4 is 10.6 Å². The van der Waals surface area contributed by atoms with E-state index in [0.717, 1.165) is 25.7 Å². The van der Waals surface area contributed by atoms with Crippen LogP contribution in [0.1, 0.15) is 61.3 Å². The molecule has 0 aliphatic heterocycles. The van der Waals surface area contributed by atoms with Gasteiger partial charge in [0.05, 0.1) is 6.54 Å². The lowest BCUT2D eigenvalue weighted by molar-refractivity contribution is -0.107. The van der Waals surface area contributed by atoms with Crippen molar-refractivity contribution in [1.82, 2.24) is 10.6 Å². The van der Waals surface area contributed by atoms with Gasteiger partial charge >= 0.3 is 6.09 Å². The normalized spacial score (nSPS) is 9.35. The minimum Gasteiger partial charge on any atom is -0.444 e. The molecule has 0 atom stereocenters. The van der Waals surface area contributed by atoms with Crippen LogP contribution in [0.4, 0.5) is 4.79 Å². The van der Waals surface area contributed by atoms with Gasteiger partial charge in [-0.15, -0.1) is 0 Å². The van der Waals surface area contributed by atoms with Crippen molar-refractivity contribution in [3.63, 3.8) is 0 Å². The first-order valence-corrected chi connectivity index (χ1v) is 7.48. The van der Waals surface area contributed by atoms with Gasteiger partial charge in [0.25, 0.3) is 0 Å². The molecule has 0 saturated heterocycles. The van der Waals surface area contributed by atoms with Crippen molar-refractivity contribution in [1.29, 1.82) is 0 Å². The summed E-state index contributed by atoms with van der Waals surface area (Å²) in [5.41, 5.74) is -0.393. The largest absolute Gasteiger partial charge is 0.444 e. The standard InChI is InChI=1S/C9H19NO2.C4H9NO.C2H6/c1-5-6-7-10-8(11)12-9(2,3)4;1-2-5-3-4-6;1-2/h5-7H2,1-4H3,(H,10,11);4-5H,2-3H2,1H3;1-2H3. The third kappa shape index (κ3) is 30.2. The molecule has 0 fully saturated rings. The van der Waals surface area contributed by atoms with Gasteiger partial charge in [-0.05, 0) is 33.7 Å². The Bertz CT molecular complexity index is 214. The summed E-state index contributed by atoms with van der Waals surface area (Å²) in [7, 11) is 0. The van der Waals surface area contributed by atoms with Crippen LogP contribution in [0.5, 0.6) is 0 Å². The van der Waals surface area contributed by atoms with E-state index in [0.29, 0.717) is 13.1 Å². The highest BCUT2D eigenvalue weighted by Gasteiger charge is 2.14. The summed E-state index contributed by atoms with van der Waals surface area (Å²) >= 11 is 0. The first-order valence-electron chi connectivity index (χ1n) is 7.48. The second kappa shape index (κ2) is 17.9. The lowest BCUT2D eigenvalue weighted by Gasteiger charge is -2.19. The Kier molecular flexibility index (Phi) is 21.4. The van der Waals surface area contributed by atoms with Gasteiger partial charge in [-0.3, -0.25) is 0 Å². The second-order valence-corrected chi connectivity index (χ2v) is 4.76. The van der Waals surface area contributed by atoms with E-state index in [-0.39, 0.29) is 6.09 Å². The van der Waals surface area contributed by atoms with Crippen LogP contribution >= 0.6 is 0 Å². The summed E-state index contributed by atoms with van der Waals surface area (Å²) in [6.07, 6.45) is 2.61. The predicted octanol–water partition coefficient (Wildman–Crippen LogP) is 3.13. The molecule has 0 radical (unpaired) electrons. The van der Waals surface area contributed by atoms with Crippen LogP contribution in [-0.4, -0.2) is 37.6 Å². The zero-order valence-corrected chi connectivity index (χ0v) is 14.3. The molecule has 0 aromatic carbocycles. The number of amides is 1. The van der Waals surface area contributed by atoms with Crippen LogP contribution in [0.2, 0.25) is 0 Å². The number of carbonyl (C=O) groups excluding carboxylic acids is 2. The fourth-order valence-electron chi connectivity index (χ4n) is 0.885. The van der Waals surface area contributed by atoms with Crippen molar-refractivity contribution in [2.75, 3.05) is 19.6 Å². The fraction of sp³-hybridized carbons (Fsp3) is 0.867. The molecule has 20 heavy (non-hydrogen) atoms. The van der Waals surface area contributed by atoms with Crippen LogP contribution in [0, 0.1) is 0 Å². The number of alkyl carbamates (subject to hydrolysis) is 1. The average Bonchev–Trinajstić information content (AvgIpc) is 2.38. The molecule has 0 aromatic rings. The molecular formula is C15H34N2O3. The van der Waals surface area contributed by atoms with Gasteiger partial charge in [0.2, 0.25) is 0 Å². The van der Waals surface area contributed by atoms with Gasteiger partial charge in [0, 0.05) is 6.54 Å². The molecule has 0 aliphatic carbocycles. The van der Waals surface area contributed by atoms with Crippen molar-refractivity contribution < 1.29 is 14.3 Å². The number of ether oxygens (including phenoxy) is 1. The maximum Gasteiger partial charge on any atom is 0.407 e. The summed E-state index contributed by atoms with van der Waals surface area (Å²) in [4.78, 5) is 20.5. The Balaban J connectivity index is -0.000000304. The zero-order chi connectivity index (χ0) is 16.4. The Morgan fingerprint density at radius 3 is 2.05 bits per heavy atom. The number of unbranched alkanes of at least 4 members (excludes halogenated alkanes) is 1. The number of likely N-dealkylation sites (N-methyl/N-ethyl adjacent to an activating group) is 1. The molecule has 0 heterocycles. The maximum atomic E-state index is 11.0. The van der Waals surface area contributed by atoms with Crippen LogP contribution in [0.15, 0.2) is 0 Å². The lowest BCUT2D eigenvalue weighted by Crippen LogP contribution is -2.32. The lowest BCUT2D eigenvalue weighted by atomic mass is 10.2. The summed E-state index contributed by atoms with van der Waals surface area (Å²) < 4.78 is 5.03. The molecular weight excluding hydrogens is 256 g/mol. The van der Waals surface area contributed by atoms with Crippen molar-refractivity contribution in [2.45, 2.75) is 66.9 Å². The smallest absolute Gasteiger partial charge is 0.407 e. The van der Waals surface area contributed by atoms with Gasteiger partial charge in [-0.2, -0.15) is 0 Å². The Labute approximate surface area is 124 Å². The van der Waals surface area contributed by atoms with E-state index in [1.807, 2.05) is 41.5 Å². The molecule has 5 nitrogen and oxygen atoms in total. The second-order valence-electron chi connectivity index (χ2n) is 4.76. The van der Waals surface area contributed by atoms with Gasteiger partial charge < -0.3 is 20.2 Å². The third-order valence-corrected chi connectivity index (χ3v) is 1.68. The van der Waals surface area contributed by atoms with Gasteiger partial charge in [0.15, 0.2) is 0 Å². The summed E-state index contributed by atoms with van der Waals surface area (Å²) in [5.74, 6) is 0. The number of rotatable bonds is 6. The van der Waals surface area contributed by atoms with Crippen LogP contribution in [0.3, 0.4) is 0 Å². The predicted molar refractivity (Wildman–Crippen MR) is 85.1 cm³/mol. The Morgan fingerprint density at radius 2 is 1.75 bits per heavy atom. The highest BCUT2D eigenvalue weighted by Crippen LogP contribution is 2.06. The maximum absolute atomic E-state index is 11.0. The summed E-state index contributed by atoms with van der Waals surface area (Å²) in [6, 6.07) is 0. The molecule has 2 N–H and O–H groups in total. The molecule has 0 rings (SSSR count). The van der Waals surface area contributed by atoms with Crippen LogP contribution in [0.25, 0.3) is 0 Å². The molecule has 0 spiro atoms. The topological polar surface area (TPSA) is 67.4 Å². The molecule has 0 unspecified atom stereocenters. The first-order chi connectivity index (χ1) is 9.37. The highest BCUT2D eigenvalue weighted by molar-refractivity contribution is 5.67. The molecule has 0 saturated carbocycles. The quantitative estimate of drug-likeness (QED) is 0.582. The zero-order valence-electron chi connectivity index (χ0n) is 14.3. The molecule has 1 amide bonds. The van der Waals surface area contributed by atoms with E-state index >= 15 is 0 Å². The molecule has 5 heteroatoms. The number of carbonyl (C=O) groups is 2. The highest BCUT2D eigenvalue weighted by atomic mass is 16.6. The first kappa shape index (κ1) is 24.0. The van der Waals surface area contributed by atoms with Gasteiger partial charge in [-0.1, -0.05) is 34.1 Å². The van der Waals surface area contributed by atoms with E-state index in [2.05, 4.69) is 17.6 Å². The van der Waals surface area contributed by atoms with E-state index in [1.165, 1.54) is 0 Å². The minimum atomic E-state index is -0.393. The molecule has 0 aromatic heterocycles. The van der Waals surface area contributed by atoms with Crippen LogP contribution in [-0.2, 0) is 9.53 Å². The monoisotopic (exact) mass is 290 g/mol. The van der Waals surface area contributed by atoms with Crippen molar-refractivity contribution in [3.05, 3.63) is 0 Å². The van der Waals surface area contributed by atoms with E-state index in [9.17, 15) is 9.59 Å². The SMILES string of the molecule is CC.CCCCNC(=O)OC(C)(C)C.CCNCC=O. The average molecular weight is 290 g/mol. The molecule has 122 valence electrons. The number of aldehydes is 1. The summed E-state index contributed by atoms with van der Waals surface area (Å²) in [6.45, 7) is 15.7. The van der Waals surface area contributed by atoms with Crippen molar-refractivity contribution in [2.24, 2.45) is 0 Å². The number of hydrogen-bond donors (Lipinski definition) is 2. The molecule has 0 bridgehead atoms. The van der Waals surface area contributed by atoms with E-state index in [1.54, 1.807) is 0 Å². The van der Waals surface area contributed by atoms with Gasteiger partial charge in [-0.25, -0.2) is 4.79 Å². The minimum absolute atomic E-state index is 0.323. The third-order valence-electron chi connectivity index (χ3n) is 1.68. The Morgan fingerprint density at radius 1 is 1.20 bits per heavy atom. The number of hydrogen-bond acceptors (Lipinski definition) is 4.